The average molecular weight is 433 g/mol. The van der Waals surface area contributed by atoms with Gasteiger partial charge in [-0.25, -0.2) is 4.68 Å². The van der Waals surface area contributed by atoms with Crippen LogP contribution in [0.4, 0.5) is 0 Å². The van der Waals surface area contributed by atoms with Crippen LogP contribution in [0.3, 0.4) is 0 Å². The quantitative estimate of drug-likeness (QED) is 0.416. The molecule has 0 aliphatic heterocycles. The highest BCUT2D eigenvalue weighted by atomic mass is 32.2. The van der Waals surface area contributed by atoms with Crippen LogP contribution in [-0.4, -0.2) is 20.8 Å². The van der Waals surface area contributed by atoms with E-state index >= 15 is 0 Å². The van der Waals surface area contributed by atoms with Gasteiger partial charge in [0, 0.05) is 34.5 Å². The van der Waals surface area contributed by atoms with Crippen LogP contribution in [0.1, 0.15) is 38.8 Å². The lowest BCUT2D eigenvalue weighted by molar-refractivity contribution is 0.0948. The van der Waals surface area contributed by atoms with Gasteiger partial charge >= 0.3 is 0 Å². The Morgan fingerprint density at radius 1 is 1.06 bits per heavy atom. The Bertz CT molecular complexity index is 1200. The van der Waals surface area contributed by atoms with Crippen LogP contribution in [0.2, 0.25) is 0 Å². The van der Waals surface area contributed by atoms with E-state index in [0.717, 1.165) is 39.0 Å². The smallest absolute Gasteiger partial charge is 0.252 e. The molecule has 0 unspecified atom stereocenters. The van der Waals surface area contributed by atoms with E-state index in [9.17, 15) is 4.79 Å². The van der Waals surface area contributed by atoms with E-state index < -0.39 is 0 Å². The summed E-state index contributed by atoms with van der Waals surface area (Å²) in [6.45, 7) is 6.28. The fraction of sp³-hybridized carbons (Fsp3) is 0.208. The molecule has 6 nitrogen and oxygen atoms in total. The third-order valence-corrected chi connectivity index (χ3v) is 6.16. The van der Waals surface area contributed by atoms with Crippen LogP contribution in [0, 0.1) is 20.8 Å². The zero-order valence-electron chi connectivity index (χ0n) is 17.8. The molecule has 158 valence electrons. The Kier molecular flexibility index (Phi) is 6.23. The third kappa shape index (κ3) is 4.72. The Hall–Kier alpha value is -3.32. The van der Waals surface area contributed by atoms with Gasteiger partial charge in [-0.15, -0.1) is 11.8 Å². The molecule has 31 heavy (non-hydrogen) atoms. The summed E-state index contributed by atoms with van der Waals surface area (Å²) in [6, 6.07) is 19.5. The topological polar surface area (TPSA) is 73.0 Å². The van der Waals surface area contributed by atoms with Gasteiger partial charge in [-0.1, -0.05) is 35.5 Å². The predicted molar refractivity (Wildman–Crippen MR) is 121 cm³/mol. The number of nitrogens with one attached hydrogen (secondary N) is 1. The molecule has 4 rings (SSSR count). The lowest BCUT2D eigenvalue weighted by atomic mass is 10.1. The van der Waals surface area contributed by atoms with Crippen LogP contribution < -0.4 is 5.32 Å². The standard InChI is InChI=1S/C24H24N4O2S/c1-16-13-19(27-30-16)15-31-23-12-8-7-11-21(23)24(29)25-14-22-17(2)26-28(18(22)3)20-9-5-4-6-10-20/h4-13H,14-15H2,1-3H3,(H,25,29). The molecule has 2 aromatic heterocycles. The molecule has 2 heterocycles. The highest BCUT2D eigenvalue weighted by molar-refractivity contribution is 7.98. The molecule has 0 saturated carbocycles. The van der Waals surface area contributed by atoms with E-state index in [-0.39, 0.29) is 5.91 Å². The highest BCUT2D eigenvalue weighted by Gasteiger charge is 2.16. The van der Waals surface area contributed by atoms with E-state index in [1.54, 1.807) is 11.8 Å². The van der Waals surface area contributed by atoms with E-state index in [0.29, 0.717) is 17.9 Å². The Morgan fingerprint density at radius 2 is 1.81 bits per heavy atom. The van der Waals surface area contributed by atoms with Gasteiger partial charge in [-0.3, -0.25) is 4.79 Å². The number of aromatic nitrogens is 3. The van der Waals surface area contributed by atoms with Crippen LogP contribution in [-0.2, 0) is 12.3 Å². The predicted octanol–water partition coefficient (Wildman–Crippen LogP) is 5.01. The highest BCUT2D eigenvalue weighted by Crippen LogP contribution is 2.26. The van der Waals surface area contributed by atoms with E-state index in [1.165, 1.54) is 0 Å². The molecule has 0 bridgehead atoms. The fourth-order valence-corrected chi connectivity index (χ4v) is 4.36. The van der Waals surface area contributed by atoms with Crippen molar-refractivity contribution in [3.05, 3.63) is 94.6 Å². The molecule has 1 amide bonds. The monoisotopic (exact) mass is 432 g/mol. The molecule has 0 atom stereocenters. The summed E-state index contributed by atoms with van der Waals surface area (Å²) in [7, 11) is 0. The number of hydrogen-bond acceptors (Lipinski definition) is 5. The van der Waals surface area contributed by atoms with Gasteiger partial charge in [0.05, 0.1) is 22.6 Å². The number of thioether (sulfide) groups is 1. The summed E-state index contributed by atoms with van der Waals surface area (Å²) >= 11 is 1.57. The maximum absolute atomic E-state index is 13.0. The molecule has 0 radical (unpaired) electrons. The third-order valence-electron chi connectivity index (χ3n) is 5.05. The van der Waals surface area contributed by atoms with Crippen molar-refractivity contribution >= 4 is 17.7 Å². The molecular weight excluding hydrogens is 408 g/mol. The van der Waals surface area contributed by atoms with Crippen LogP contribution >= 0.6 is 11.8 Å². The van der Waals surface area contributed by atoms with Crippen molar-refractivity contribution in [3.63, 3.8) is 0 Å². The zero-order valence-corrected chi connectivity index (χ0v) is 18.6. The van der Waals surface area contributed by atoms with Crippen molar-refractivity contribution in [1.82, 2.24) is 20.3 Å². The van der Waals surface area contributed by atoms with Gasteiger partial charge in [-0.2, -0.15) is 5.10 Å². The summed E-state index contributed by atoms with van der Waals surface area (Å²) in [5.74, 6) is 1.32. The minimum absolute atomic E-state index is 0.106. The molecule has 2 aromatic carbocycles. The molecule has 0 aliphatic rings. The van der Waals surface area contributed by atoms with Crippen molar-refractivity contribution in [3.8, 4) is 5.69 Å². The number of hydrogen-bond donors (Lipinski definition) is 1. The van der Waals surface area contributed by atoms with Crippen molar-refractivity contribution in [2.24, 2.45) is 0 Å². The molecule has 0 spiro atoms. The molecule has 0 saturated heterocycles. The first-order valence-electron chi connectivity index (χ1n) is 10.1. The maximum Gasteiger partial charge on any atom is 0.252 e. The number of para-hydroxylation sites is 1. The molecule has 7 heteroatoms. The number of carbonyl (C=O) groups excluding carboxylic acids is 1. The first kappa shape index (κ1) is 20.9. The molecular formula is C24H24N4O2S. The summed E-state index contributed by atoms with van der Waals surface area (Å²) in [6.07, 6.45) is 0. The van der Waals surface area contributed by atoms with Crippen LogP contribution in [0.25, 0.3) is 5.69 Å². The number of aryl methyl sites for hydroxylation is 2. The second-order valence-corrected chi connectivity index (χ2v) is 8.31. The van der Waals surface area contributed by atoms with Gasteiger partial charge in [0.15, 0.2) is 0 Å². The largest absolute Gasteiger partial charge is 0.361 e. The second-order valence-electron chi connectivity index (χ2n) is 7.29. The first-order chi connectivity index (χ1) is 15.0. The van der Waals surface area contributed by atoms with Crippen molar-refractivity contribution < 1.29 is 9.32 Å². The number of amides is 1. The van der Waals surface area contributed by atoms with Crippen LogP contribution in [0.15, 0.2) is 70.1 Å². The van der Waals surface area contributed by atoms with Crippen molar-refractivity contribution in [2.75, 3.05) is 0 Å². The second kappa shape index (κ2) is 9.22. The molecule has 4 aromatic rings. The van der Waals surface area contributed by atoms with Gasteiger partial charge in [-0.05, 0) is 45.0 Å². The fourth-order valence-electron chi connectivity index (χ4n) is 3.43. The summed E-state index contributed by atoms with van der Waals surface area (Å²) in [4.78, 5) is 13.9. The van der Waals surface area contributed by atoms with E-state index in [4.69, 9.17) is 4.52 Å². The van der Waals surface area contributed by atoms with Gasteiger partial charge in [0.2, 0.25) is 0 Å². The SMILES string of the molecule is Cc1cc(CSc2ccccc2C(=O)NCc2c(C)nn(-c3ccccc3)c2C)no1. The number of rotatable bonds is 7. The number of benzene rings is 2. The summed E-state index contributed by atoms with van der Waals surface area (Å²) < 4.78 is 7.04. The Morgan fingerprint density at radius 3 is 2.55 bits per heavy atom. The molecule has 0 fully saturated rings. The van der Waals surface area contributed by atoms with Gasteiger partial charge in [0.25, 0.3) is 5.91 Å². The number of carbonyl (C=O) groups is 1. The minimum atomic E-state index is -0.106. The van der Waals surface area contributed by atoms with E-state index in [1.807, 2.05) is 86.1 Å². The lowest BCUT2D eigenvalue weighted by Gasteiger charge is -2.10. The minimum Gasteiger partial charge on any atom is -0.361 e. The summed E-state index contributed by atoms with van der Waals surface area (Å²) in [5, 5.41) is 11.7. The van der Waals surface area contributed by atoms with Crippen LogP contribution in [0.5, 0.6) is 0 Å². The van der Waals surface area contributed by atoms with Gasteiger partial charge < -0.3 is 9.84 Å². The zero-order chi connectivity index (χ0) is 21.8. The molecule has 1 N–H and O–H groups in total. The maximum atomic E-state index is 13.0. The van der Waals surface area contributed by atoms with Gasteiger partial charge in [0.1, 0.15) is 5.76 Å². The average Bonchev–Trinajstić information content (AvgIpc) is 3.33. The Balaban J connectivity index is 1.47. The van der Waals surface area contributed by atoms with Crippen molar-refractivity contribution in [1.29, 1.82) is 0 Å². The molecule has 0 aliphatic carbocycles. The lowest BCUT2D eigenvalue weighted by Crippen LogP contribution is -2.24. The van der Waals surface area contributed by atoms with E-state index in [2.05, 4.69) is 15.6 Å². The normalized spacial score (nSPS) is 10.9. The number of nitrogens with zero attached hydrogens (tertiary/aromatic N) is 3. The summed E-state index contributed by atoms with van der Waals surface area (Å²) in [5.41, 5.74) is 5.47. The first-order valence-corrected chi connectivity index (χ1v) is 11.0. The Labute approximate surface area is 185 Å². The van der Waals surface area contributed by atoms with Crippen molar-refractivity contribution in [2.45, 2.75) is 38.0 Å².